The Kier molecular flexibility index (Phi) is 9.75. The van der Waals surface area contributed by atoms with Crippen molar-refractivity contribution in [2.45, 2.75) is 37.8 Å². The quantitative estimate of drug-likeness (QED) is 0.133. The number of nitrogens with zero attached hydrogens (tertiary/aromatic N) is 2. The van der Waals surface area contributed by atoms with Crippen molar-refractivity contribution in [3.05, 3.63) is 106 Å². The smallest absolute Gasteiger partial charge is 0.414 e. The second-order valence-electron chi connectivity index (χ2n) is 9.82. The number of nitrogens with one attached hydrogen (secondary N) is 2. The van der Waals surface area contributed by atoms with Crippen LogP contribution in [0.1, 0.15) is 26.3 Å². The van der Waals surface area contributed by atoms with Gasteiger partial charge in [-0.3, -0.25) is 10.0 Å². The number of guanidine groups is 1. The third kappa shape index (κ3) is 8.60. The molecule has 0 aliphatic rings. The number of carbonyl (C=O) groups excluding carboxylic acids is 1. The fourth-order valence-corrected chi connectivity index (χ4v) is 4.74. The SMILES string of the molecule is CC(C)(C)OC(=O)NC(=NCc1cc(-c2ccc(Cl)cc2)c(-c2ccc(Cl)cc2)nc1F)NS(=O)c1ccccc1. The van der Waals surface area contributed by atoms with Gasteiger partial charge < -0.3 is 4.74 Å². The molecule has 0 fully saturated rings. The van der Waals surface area contributed by atoms with Crippen molar-refractivity contribution in [1.82, 2.24) is 15.0 Å². The van der Waals surface area contributed by atoms with Crippen molar-refractivity contribution in [3.8, 4) is 22.4 Å². The lowest BCUT2D eigenvalue weighted by atomic mass is 9.97. The molecule has 3 aromatic carbocycles. The predicted molar refractivity (Wildman–Crippen MR) is 162 cm³/mol. The third-order valence-corrected chi connectivity index (χ3v) is 7.08. The van der Waals surface area contributed by atoms with E-state index in [-0.39, 0.29) is 18.1 Å². The van der Waals surface area contributed by atoms with Crippen LogP contribution in [0.15, 0.2) is 94.8 Å². The molecule has 41 heavy (non-hydrogen) atoms. The van der Waals surface area contributed by atoms with Crippen LogP contribution < -0.4 is 10.0 Å². The fourth-order valence-electron chi connectivity index (χ4n) is 3.67. The average molecular weight is 614 g/mol. The number of carbonyl (C=O) groups is 1. The van der Waals surface area contributed by atoms with Gasteiger partial charge in [-0.2, -0.15) is 4.39 Å². The maximum Gasteiger partial charge on any atom is 0.414 e. The van der Waals surface area contributed by atoms with Gasteiger partial charge in [-0.05, 0) is 68.8 Å². The summed E-state index contributed by atoms with van der Waals surface area (Å²) in [6, 6.07) is 24.2. The summed E-state index contributed by atoms with van der Waals surface area (Å²) < 4.78 is 36.3. The third-order valence-electron chi connectivity index (χ3n) is 5.50. The van der Waals surface area contributed by atoms with E-state index >= 15 is 4.39 Å². The zero-order chi connectivity index (χ0) is 29.6. The molecule has 1 amide bonds. The second-order valence-corrected chi connectivity index (χ2v) is 11.9. The first-order valence-electron chi connectivity index (χ1n) is 12.5. The van der Waals surface area contributed by atoms with Gasteiger partial charge in [0, 0.05) is 26.7 Å². The molecule has 1 atom stereocenters. The summed E-state index contributed by atoms with van der Waals surface area (Å²) >= 11 is 12.2. The number of ether oxygens (including phenoxy) is 1. The summed E-state index contributed by atoms with van der Waals surface area (Å²) in [6.07, 6.45) is -0.813. The van der Waals surface area contributed by atoms with Crippen LogP contribution in [0.25, 0.3) is 22.4 Å². The van der Waals surface area contributed by atoms with Gasteiger partial charge in [0.15, 0.2) is 11.0 Å². The van der Waals surface area contributed by atoms with Crippen LogP contribution in [0.4, 0.5) is 9.18 Å². The number of alkyl carbamates (subject to hydrolysis) is 1. The molecule has 212 valence electrons. The Labute approximate surface area is 250 Å². The van der Waals surface area contributed by atoms with Crippen LogP contribution in [0.3, 0.4) is 0 Å². The molecule has 4 rings (SSSR count). The second kappa shape index (κ2) is 13.2. The lowest BCUT2D eigenvalue weighted by molar-refractivity contribution is 0.0562. The maximum atomic E-state index is 15.4. The highest BCUT2D eigenvalue weighted by Crippen LogP contribution is 2.33. The van der Waals surface area contributed by atoms with Crippen LogP contribution in [-0.4, -0.2) is 26.8 Å². The molecule has 7 nitrogen and oxygen atoms in total. The first-order valence-corrected chi connectivity index (χ1v) is 14.4. The highest BCUT2D eigenvalue weighted by Gasteiger charge is 2.20. The van der Waals surface area contributed by atoms with Crippen molar-refractivity contribution >= 4 is 46.2 Å². The molecular formula is C30H27Cl2FN4O3S. The van der Waals surface area contributed by atoms with E-state index in [1.807, 2.05) is 12.1 Å². The molecule has 1 aromatic heterocycles. The van der Waals surface area contributed by atoms with Crippen molar-refractivity contribution < 1.29 is 18.1 Å². The van der Waals surface area contributed by atoms with E-state index in [1.54, 1.807) is 93.6 Å². The van der Waals surface area contributed by atoms with Crippen molar-refractivity contribution in [2.24, 2.45) is 4.99 Å². The number of hydrogen-bond donors (Lipinski definition) is 2. The summed E-state index contributed by atoms with van der Waals surface area (Å²) in [5, 5.41) is 3.57. The van der Waals surface area contributed by atoms with E-state index in [2.05, 4.69) is 20.0 Å². The molecule has 0 spiro atoms. The monoisotopic (exact) mass is 612 g/mol. The number of halogens is 3. The zero-order valence-electron chi connectivity index (χ0n) is 22.5. The summed E-state index contributed by atoms with van der Waals surface area (Å²) in [6.45, 7) is 4.89. The Bertz CT molecular complexity index is 1580. The maximum absolute atomic E-state index is 15.4. The number of aromatic nitrogens is 1. The molecule has 1 unspecified atom stereocenters. The van der Waals surface area contributed by atoms with Crippen molar-refractivity contribution in [3.63, 3.8) is 0 Å². The van der Waals surface area contributed by atoms with Crippen LogP contribution in [-0.2, 0) is 22.3 Å². The molecule has 11 heteroatoms. The number of hydrogen-bond acceptors (Lipinski definition) is 5. The van der Waals surface area contributed by atoms with E-state index in [4.69, 9.17) is 27.9 Å². The van der Waals surface area contributed by atoms with Crippen LogP contribution >= 0.6 is 23.2 Å². The molecule has 2 N–H and O–H groups in total. The Morgan fingerprint density at radius 3 is 2.12 bits per heavy atom. The van der Waals surface area contributed by atoms with E-state index in [1.165, 1.54) is 0 Å². The number of pyridine rings is 1. The van der Waals surface area contributed by atoms with Crippen LogP contribution in [0, 0.1) is 5.95 Å². The summed E-state index contributed by atoms with van der Waals surface area (Å²) in [5.74, 6) is -0.909. The largest absolute Gasteiger partial charge is 0.444 e. The summed E-state index contributed by atoms with van der Waals surface area (Å²) in [7, 11) is -1.77. The summed E-state index contributed by atoms with van der Waals surface area (Å²) in [5.41, 5.74) is 1.83. The number of benzene rings is 3. The van der Waals surface area contributed by atoms with E-state index in [0.29, 0.717) is 31.8 Å². The molecule has 0 saturated carbocycles. The molecule has 0 radical (unpaired) electrons. The van der Waals surface area contributed by atoms with E-state index < -0.39 is 28.6 Å². The minimum absolute atomic E-state index is 0.142. The van der Waals surface area contributed by atoms with Gasteiger partial charge in [0.1, 0.15) is 5.60 Å². The fraction of sp³-hybridized carbons (Fsp3) is 0.167. The van der Waals surface area contributed by atoms with Gasteiger partial charge in [0.25, 0.3) is 0 Å². The number of rotatable bonds is 6. The Hall–Kier alpha value is -3.79. The minimum atomic E-state index is -1.77. The van der Waals surface area contributed by atoms with Gasteiger partial charge in [0.2, 0.25) is 11.9 Å². The molecule has 0 saturated heterocycles. The Morgan fingerprint density at radius 1 is 0.951 bits per heavy atom. The lowest BCUT2D eigenvalue weighted by Crippen LogP contribution is -2.44. The Morgan fingerprint density at radius 2 is 1.54 bits per heavy atom. The first-order chi connectivity index (χ1) is 19.5. The molecule has 1 heterocycles. The zero-order valence-corrected chi connectivity index (χ0v) is 24.8. The predicted octanol–water partition coefficient (Wildman–Crippen LogP) is 7.55. The normalized spacial score (nSPS) is 12.5. The van der Waals surface area contributed by atoms with E-state index in [9.17, 15) is 9.00 Å². The van der Waals surface area contributed by atoms with Gasteiger partial charge in [-0.15, -0.1) is 0 Å². The highest BCUT2D eigenvalue weighted by atomic mass is 35.5. The lowest BCUT2D eigenvalue weighted by Gasteiger charge is -2.20. The van der Waals surface area contributed by atoms with Crippen molar-refractivity contribution in [1.29, 1.82) is 0 Å². The van der Waals surface area contributed by atoms with E-state index in [0.717, 1.165) is 5.56 Å². The number of amides is 1. The molecule has 0 aliphatic carbocycles. The Balaban J connectivity index is 1.71. The van der Waals surface area contributed by atoms with Crippen LogP contribution in [0.5, 0.6) is 0 Å². The highest BCUT2D eigenvalue weighted by molar-refractivity contribution is 7.83. The van der Waals surface area contributed by atoms with Crippen molar-refractivity contribution in [2.75, 3.05) is 0 Å². The average Bonchev–Trinajstić information content (AvgIpc) is 2.92. The number of aliphatic imine (C=N–C) groups is 1. The standard InChI is InChI=1S/C30H27Cl2FN4O3S/c1-30(2,3)40-29(38)36-28(37-41(39)24-7-5-4-6-8-24)34-18-21-17-25(19-9-13-22(31)14-10-19)26(35-27(21)33)20-11-15-23(32)16-12-20/h4-17H,18H2,1-3H3,(H2,34,36,37,38). The van der Waals surface area contributed by atoms with Gasteiger partial charge >= 0.3 is 6.09 Å². The van der Waals surface area contributed by atoms with Gasteiger partial charge in [-0.25, -0.2) is 19.0 Å². The molecular weight excluding hydrogens is 586 g/mol. The van der Waals surface area contributed by atoms with Gasteiger partial charge in [0.05, 0.1) is 17.1 Å². The minimum Gasteiger partial charge on any atom is -0.444 e. The summed E-state index contributed by atoms with van der Waals surface area (Å²) in [4.78, 5) is 21.6. The first kappa shape index (κ1) is 30.2. The molecule has 0 aliphatic heterocycles. The molecule has 0 bridgehead atoms. The molecule has 4 aromatic rings. The topological polar surface area (TPSA) is 92.7 Å². The van der Waals surface area contributed by atoms with Gasteiger partial charge in [-0.1, -0.05) is 65.7 Å². The van der Waals surface area contributed by atoms with Crippen LogP contribution in [0.2, 0.25) is 10.0 Å².